The summed E-state index contributed by atoms with van der Waals surface area (Å²) in [6, 6.07) is 3.44. The van der Waals surface area contributed by atoms with E-state index in [1.165, 1.54) is 12.1 Å². The smallest absolute Gasteiger partial charge is 0.341 e. The largest absolute Gasteiger partial charge is 0.479 e. The molecule has 0 aliphatic rings. The molecule has 0 amide bonds. The fourth-order valence-electron chi connectivity index (χ4n) is 2.06. The summed E-state index contributed by atoms with van der Waals surface area (Å²) in [6.07, 6.45) is -0.697. The van der Waals surface area contributed by atoms with Crippen molar-refractivity contribution in [2.24, 2.45) is 5.90 Å². The molecule has 0 radical (unpaired) electrons. The molecule has 0 fully saturated rings. The van der Waals surface area contributed by atoms with Crippen molar-refractivity contribution < 1.29 is 53.5 Å². The number of rotatable bonds is 12. The van der Waals surface area contributed by atoms with E-state index < -0.39 is 50.5 Å². The molecule has 28 heavy (non-hydrogen) atoms. The molecule has 0 aromatic heterocycles. The first-order valence-electron chi connectivity index (χ1n) is 7.79. The highest BCUT2D eigenvalue weighted by Gasteiger charge is 2.31. The van der Waals surface area contributed by atoms with Crippen LogP contribution in [0.4, 0.5) is 0 Å². The Balaban J connectivity index is 2.99. The topological polar surface area (TPSA) is 203 Å². The molecular formula is C15H20NO11P. The number of nitrogens with two attached hydrogens (primary N) is 1. The SMILES string of the molecule is NOC(=O)CCCP(=O)(O)[C@H](O)c1ccc(OCC(=O)O)c(OCC(=O)O)c1. The highest BCUT2D eigenvalue weighted by atomic mass is 31.2. The minimum absolute atomic E-state index is 0.0664. The van der Waals surface area contributed by atoms with Gasteiger partial charge in [0.15, 0.2) is 30.6 Å². The van der Waals surface area contributed by atoms with Crippen LogP contribution in [-0.2, 0) is 23.8 Å². The van der Waals surface area contributed by atoms with Crippen molar-refractivity contribution in [2.45, 2.75) is 18.7 Å². The van der Waals surface area contributed by atoms with Gasteiger partial charge in [0, 0.05) is 12.6 Å². The highest BCUT2D eigenvalue weighted by molar-refractivity contribution is 7.58. The molecule has 156 valence electrons. The van der Waals surface area contributed by atoms with Gasteiger partial charge in [-0.2, -0.15) is 5.90 Å². The molecule has 1 aromatic carbocycles. The van der Waals surface area contributed by atoms with Crippen LogP contribution in [0.3, 0.4) is 0 Å². The van der Waals surface area contributed by atoms with Gasteiger partial charge in [-0.25, -0.2) is 9.59 Å². The molecule has 6 N–H and O–H groups in total. The molecule has 0 bridgehead atoms. The van der Waals surface area contributed by atoms with Crippen molar-refractivity contribution >= 4 is 25.3 Å². The molecule has 0 spiro atoms. The van der Waals surface area contributed by atoms with Gasteiger partial charge in [0.25, 0.3) is 0 Å². The third-order valence-electron chi connectivity index (χ3n) is 3.34. The van der Waals surface area contributed by atoms with Gasteiger partial charge in [-0.3, -0.25) is 9.36 Å². The van der Waals surface area contributed by atoms with E-state index >= 15 is 0 Å². The van der Waals surface area contributed by atoms with E-state index in [0.29, 0.717) is 0 Å². The van der Waals surface area contributed by atoms with Gasteiger partial charge < -0.3 is 34.5 Å². The fraction of sp³-hybridized carbons (Fsp3) is 0.400. The Kier molecular flexibility index (Phi) is 8.86. The van der Waals surface area contributed by atoms with Crippen LogP contribution in [0.5, 0.6) is 11.5 Å². The number of aliphatic hydroxyl groups is 1. The van der Waals surface area contributed by atoms with E-state index in [1.807, 2.05) is 0 Å². The van der Waals surface area contributed by atoms with Crippen LogP contribution >= 0.6 is 7.37 Å². The lowest BCUT2D eigenvalue weighted by atomic mass is 10.2. The zero-order chi connectivity index (χ0) is 21.3. The molecule has 1 aromatic rings. The molecule has 1 unspecified atom stereocenters. The van der Waals surface area contributed by atoms with Crippen molar-refractivity contribution in [1.82, 2.24) is 0 Å². The minimum Gasteiger partial charge on any atom is -0.479 e. The first-order valence-corrected chi connectivity index (χ1v) is 9.70. The maximum Gasteiger partial charge on any atom is 0.341 e. The number of ether oxygens (including phenoxy) is 2. The molecule has 2 atom stereocenters. The van der Waals surface area contributed by atoms with Crippen LogP contribution in [0.2, 0.25) is 0 Å². The predicted octanol–water partition coefficient (Wildman–Crippen LogP) is 0.0718. The summed E-state index contributed by atoms with van der Waals surface area (Å²) in [5.41, 5.74) is -0.0877. The standard InChI is InChI=1S/C15H20NO11P/c16-27-14(21)2-1-5-28(23,24)15(22)9-3-4-10(25-7-12(17)18)11(6-9)26-8-13(19)20/h3-4,6,15,22H,1-2,5,7-8,16H2,(H,17,18)(H,19,20)(H,23,24)/t15-/m0/s1. The number of aliphatic carboxylic acids is 2. The highest BCUT2D eigenvalue weighted by Crippen LogP contribution is 2.55. The van der Waals surface area contributed by atoms with Crippen LogP contribution in [-0.4, -0.2) is 57.5 Å². The summed E-state index contributed by atoms with van der Waals surface area (Å²) in [5, 5.41) is 27.6. The van der Waals surface area contributed by atoms with E-state index in [2.05, 4.69) is 10.7 Å². The van der Waals surface area contributed by atoms with Crippen molar-refractivity contribution in [3.63, 3.8) is 0 Å². The normalized spacial score (nSPS) is 13.8. The lowest BCUT2D eigenvalue weighted by Gasteiger charge is -2.20. The third kappa shape index (κ3) is 7.53. The Morgan fingerprint density at radius 1 is 1.07 bits per heavy atom. The Bertz CT molecular complexity index is 766. The van der Waals surface area contributed by atoms with E-state index in [1.54, 1.807) is 0 Å². The van der Waals surface area contributed by atoms with Crippen LogP contribution < -0.4 is 15.4 Å². The quantitative estimate of drug-likeness (QED) is 0.225. The maximum atomic E-state index is 12.3. The number of aliphatic hydroxyl groups excluding tert-OH is 1. The van der Waals surface area contributed by atoms with E-state index in [0.717, 1.165) is 6.07 Å². The van der Waals surface area contributed by atoms with E-state index in [-0.39, 0.29) is 29.9 Å². The lowest BCUT2D eigenvalue weighted by Crippen LogP contribution is -2.13. The molecule has 13 heteroatoms. The van der Waals surface area contributed by atoms with Gasteiger partial charge >= 0.3 is 17.9 Å². The van der Waals surface area contributed by atoms with Gasteiger partial charge in [0.2, 0.25) is 7.37 Å². The van der Waals surface area contributed by atoms with Crippen LogP contribution in [0, 0.1) is 0 Å². The molecule has 0 aliphatic carbocycles. The molecular weight excluding hydrogens is 401 g/mol. The first-order chi connectivity index (χ1) is 13.1. The summed E-state index contributed by atoms with van der Waals surface area (Å²) in [6.45, 7) is -1.53. The first kappa shape index (κ1) is 23.4. The Labute approximate surface area is 158 Å². The van der Waals surface area contributed by atoms with Crippen molar-refractivity contribution in [1.29, 1.82) is 0 Å². The van der Waals surface area contributed by atoms with Crippen LogP contribution in [0.15, 0.2) is 18.2 Å². The summed E-state index contributed by atoms with van der Waals surface area (Å²) >= 11 is 0. The van der Waals surface area contributed by atoms with Crippen LogP contribution in [0.1, 0.15) is 24.3 Å². The number of hydrogen-bond donors (Lipinski definition) is 5. The second kappa shape index (κ2) is 10.6. The summed E-state index contributed by atoms with van der Waals surface area (Å²) in [4.78, 5) is 46.2. The van der Waals surface area contributed by atoms with Gasteiger partial charge in [-0.05, 0) is 24.1 Å². The number of carboxylic acid groups (broad SMARTS) is 2. The molecule has 0 saturated carbocycles. The van der Waals surface area contributed by atoms with Gasteiger partial charge in [-0.15, -0.1) is 0 Å². The van der Waals surface area contributed by atoms with E-state index in [9.17, 15) is 28.9 Å². The minimum atomic E-state index is -4.18. The van der Waals surface area contributed by atoms with Gasteiger partial charge in [-0.1, -0.05) is 6.07 Å². The summed E-state index contributed by atoms with van der Waals surface area (Å²) in [7, 11) is -4.18. The Morgan fingerprint density at radius 2 is 1.64 bits per heavy atom. The second-order valence-corrected chi connectivity index (χ2v) is 7.96. The number of benzene rings is 1. The zero-order valence-electron chi connectivity index (χ0n) is 14.5. The molecule has 1 rings (SSSR count). The van der Waals surface area contributed by atoms with Gasteiger partial charge in [0.05, 0.1) is 0 Å². The fourth-order valence-corrected chi connectivity index (χ4v) is 3.54. The Hall–Kier alpha value is -2.66. The summed E-state index contributed by atoms with van der Waals surface area (Å²) in [5.74, 6) is -0.945. The average molecular weight is 421 g/mol. The average Bonchev–Trinajstić information content (AvgIpc) is 2.63. The summed E-state index contributed by atoms with van der Waals surface area (Å²) < 4.78 is 22.3. The van der Waals surface area contributed by atoms with Gasteiger partial charge in [0.1, 0.15) is 0 Å². The lowest BCUT2D eigenvalue weighted by molar-refractivity contribution is -0.144. The molecule has 0 heterocycles. The number of carbonyl (C=O) groups is 3. The molecule has 0 aliphatic heterocycles. The monoisotopic (exact) mass is 421 g/mol. The van der Waals surface area contributed by atoms with E-state index in [4.69, 9.17) is 19.7 Å². The number of carboxylic acids is 2. The van der Waals surface area contributed by atoms with Crippen molar-refractivity contribution in [3.05, 3.63) is 23.8 Å². The molecule has 12 nitrogen and oxygen atoms in total. The van der Waals surface area contributed by atoms with Crippen molar-refractivity contribution in [3.8, 4) is 11.5 Å². The Morgan fingerprint density at radius 3 is 2.18 bits per heavy atom. The molecule has 0 saturated heterocycles. The van der Waals surface area contributed by atoms with Crippen LogP contribution in [0.25, 0.3) is 0 Å². The third-order valence-corrected chi connectivity index (χ3v) is 5.36. The van der Waals surface area contributed by atoms with Crippen molar-refractivity contribution in [2.75, 3.05) is 19.4 Å². The maximum absolute atomic E-state index is 12.3. The number of hydrogen-bond acceptors (Lipinski definition) is 9. The second-order valence-electron chi connectivity index (χ2n) is 5.52. The zero-order valence-corrected chi connectivity index (χ0v) is 15.4. The predicted molar refractivity (Wildman–Crippen MR) is 91.9 cm³/mol. The number of carbonyl (C=O) groups excluding carboxylic acids is 1.